The molecule has 0 spiro atoms. The van der Waals surface area contributed by atoms with Gasteiger partial charge in [-0.05, 0) is 46.6 Å². The number of hydrogen-bond acceptors (Lipinski definition) is 3. The third-order valence-corrected chi connectivity index (χ3v) is 4.07. The maximum atomic E-state index is 11.8. The molecule has 0 fully saturated rings. The molecule has 1 aliphatic heterocycles. The molecule has 1 heterocycles. The van der Waals surface area contributed by atoms with Crippen LogP contribution in [0.4, 0.5) is 0 Å². The molecule has 0 radical (unpaired) electrons. The first kappa shape index (κ1) is 12.9. The number of hydrogen-bond donors (Lipinski definition) is 1. The first-order valence-corrected chi connectivity index (χ1v) is 6.55. The first-order valence-electron chi connectivity index (χ1n) is 5.40. The van der Waals surface area contributed by atoms with Gasteiger partial charge >= 0.3 is 0 Å². The Bertz CT molecular complexity index is 225. The molecule has 0 aromatic rings. The van der Waals surface area contributed by atoms with Crippen LogP contribution in [0.15, 0.2) is 12.3 Å². The van der Waals surface area contributed by atoms with Crippen molar-refractivity contribution in [3.8, 4) is 0 Å². The summed E-state index contributed by atoms with van der Waals surface area (Å²) in [5.41, 5.74) is 0. The molecule has 3 atom stereocenters. The lowest BCUT2D eigenvalue weighted by Gasteiger charge is -2.30. The zero-order valence-electron chi connectivity index (χ0n) is 9.95. The fourth-order valence-corrected chi connectivity index (χ4v) is 2.19. The zero-order valence-corrected chi connectivity index (χ0v) is 10.8. The summed E-state index contributed by atoms with van der Waals surface area (Å²) in [6.45, 7) is 7.91. The highest BCUT2D eigenvalue weighted by Gasteiger charge is 2.31. The van der Waals surface area contributed by atoms with Crippen LogP contribution in [0.3, 0.4) is 0 Å². The van der Waals surface area contributed by atoms with E-state index in [9.17, 15) is 4.55 Å². The second-order valence-electron chi connectivity index (χ2n) is 4.91. The Morgan fingerprint density at radius 3 is 2.67 bits per heavy atom. The van der Waals surface area contributed by atoms with Gasteiger partial charge in [-0.15, -0.1) is 4.72 Å². The van der Waals surface area contributed by atoms with Crippen LogP contribution >= 0.6 is 0 Å². The molecule has 1 rings (SSSR count). The van der Waals surface area contributed by atoms with Gasteiger partial charge in [-0.25, -0.2) is 0 Å². The van der Waals surface area contributed by atoms with Gasteiger partial charge in [-0.2, -0.15) is 0 Å². The Morgan fingerprint density at radius 1 is 1.53 bits per heavy atom. The highest BCUT2D eigenvalue weighted by atomic mass is 32.2. The van der Waals surface area contributed by atoms with E-state index in [2.05, 4.69) is 4.72 Å². The maximum Gasteiger partial charge on any atom is 0.136 e. The van der Waals surface area contributed by atoms with Crippen molar-refractivity contribution in [3.05, 3.63) is 12.3 Å². The number of ether oxygens (including phenoxy) is 1. The molecule has 0 amide bonds. The summed E-state index contributed by atoms with van der Waals surface area (Å²) in [7, 11) is 0. The van der Waals surface area contributed by atoms with Gasteiger partial charge in [-0.1, -0.05) is 0 Å². The van der Waals surface area contributed by atoms with Crippen molar-refractivity contribution >= 4 is 11.4 Å². The maximum absolute atomic E-state index is 11.8. The van der Waals surface area contributed by atoms with Crippen LogP contribution in [0.25, 0.3) is 0 Å². The van der Waals surface area contributed by atoms with E-state index in [1.54, 1.807) is 6.26 Å². The molecular weight excluding hydrogens is 210 g/mol. The smallest absolute Gasteiger partial charge is 0.136 e. The number of rotatable bonds is 3. The normalized spacial score (nSPS) is 25.8. The van der Waals surface area contributed by atoms with Crippen molar-refractivity contribution in [3.63, 3.8) is 0 Å². The molecule has 4 heteroatoms. The number of allylic oxidation sites excluding steroid dienone is 1. The predicted molar refractivity (Wildman–Crippen MR) is 63.7 cm³/mol. The minimum absolute atomic E-state index is 0.120. The summed E-state index contributed by atoms with van der Waals surface area (Å²) >= 11 is -1.02. The van der Waals surface area contributed by atoms with Crippen molar-refractivity contribution < 1.29 is 9.29 Å². The van der Waals surface area contributed by atoms with Crippen LogP contribution in [0, 0.1) is 0 Å². The second-order valence-corrected chi connectivity index (χ2v) is 6.91. The standard InChI is InChI=1S/C11H21NO2S/c1-9(10-7-5-6-8-14-10)12-15(13)11(2,3)4/h6,8-10,12H,5,7H2,1-4H3/t9-,10?,15?/m0/s1. The summed E-state index contributed by atoms with van der Waals surface area (Å²) < 4.78 is 20.2. The van der Waals surface area contributed by atoms with Gasteiger partial charge in [0, 0.05) is 11.4 Å². The zero-order chi connectivity index (χ0) is 11.5. The minimum Gasteiger partial charge on any atom is -0.598 e. The van der Waals surface area contributed by atoms with E-state index in [1.165, 1.54) is 0 Å². The van der Waals surface area contributed by atoms with Crippen molar-refractivity contribution in [2.45, 2.75) is 57.4 Å². The highest BCUT2D eigenvalue weighted by molar-refractivity contribution is 7.90. The third-order valence-electron chi connectivity index (χ3n) is 2.37. The Morgan fingerprint density at radius 2 is 2.20 bits per heavy atom. The van der Waals surface area contributed by atoms with Crippen molar-refractivity contribution in [2.24, 2.45) is 0 Å². The van der Waals surface area contributed by atoms with Gasteiger partial charge in [-0.3, -0.25) is 0 Å². The quantitative estimate of drug-likeness (QED) is 0.757. The monoisotopic (exact) mass is 231 g/mol. The van der Waals surface area contributed by atoms with E-state index in [0.29, 0.717) is 0 Å². The molecular formula is C11H21NO2S. The summed E-state index contributed by atoms with van der Waals surface area (Å²) in [5, 5.41) is 0. The van der Waals surface area contributed by atoms with E-state index >= 15 is 0 Å². The van der Waals surface area contributed by atoms with Gasteiger partial charge in [0.15, 0.2) is 0 Å². The SMILES string of the molecule is C[C@H](N[S+]([O-])C(C)(C)C)C1CCC=CO1. The van der Waals surface area contributed by atoms with Gasteiger partial charge in [0.1, 0.15) is 10.9 Å². The summed E-state index contributed by atoms with van der Waals surface area (Å²) in [6, 6.07) is 0.120. The largest absolute Gasteiger partial charge is 0.598 e. The van der Waals surface area contributed by atoms with Gasteiger partial charge < -0.3 is 9.29 Å². The molecule has 0 saturated carbocycles. The summed E-state index contributed by atoms with van der Waals surface area (Å²) in [4.78, 5) is 0. The molecule has 3 nitrogen and oxygen atoms in total. The summed E-state index contributed by atoms with van der Waals surface area (Å²) in [5.74, 6) is 0. The van der Waals surface area contributed by atoms with E-state index < -0.39 is 11.4 Å². The van der Waals surface area contributed by atoms with Gasteiger partial charge in [0.2, 0.25) is 0 Å². The topological polar surface area (TPSA) is 44.3 Å². The predicted octanol–water partition coefficient (Wildman–Crippen LogP) is 2.12. The minimum atomic E-state index is -1.02. The molecule has 0 saturated heterocycles. The first-order chi connectivity index (χ1) is 6.91. The van der Waals surface area contributed by atoms with E-state index in [-0.39, 0.29) is 16.9 Å². The van der Waals surface area contributed by atoms with Crippen LogP contribution in [0.1, 0.15) is 40.5 Å². The number of nitrogens with one attached hydrogen (secondary N) is 1. The van der Waals surface area contributed by atoms with Crippen LogP contribution in [-0.4, -0.2) is 21.4 Å². The fourth-order valence-electron chi connectivity index (χ4n) is 1.34. The van der Waals surface area contributed by atoms with Crippen molar-refractivity contribution in [2.75, 3.05) is 0 Å². The Hall–Kier alpha value is -0.190. The molecule has 88 valence electrons. The van der Waals surface area contributed by atoms with Crippen LogP contribution < -0.4 is 4.72 Å². The lowest BCUT2D eigenvalue weighted by atomic mass is 10.1. The second kappa shape index (κ2) is 5.23. The molecule has 2 unspecified atom stereocenters. The van der Waals surface area contributed by atoms with Crippen molar-refractivity contribution in [1.82, 2.24) is 4.72 Å². The highest BCUT2D eigenvalue weighted by Crippen LogP contribution is 2.18. The molecule has 1 aliphatic rings. The van der Waals surface area contributed by atoms with Crippen LogP contribution in [0.5, 0.6) is 0 Å². The van der Waals surface area contributed by atoms with E-state index in [0.717, 1.165) is 12.8 Å². The van der Waals surface area contributed by atoms with Gasteiger partial charge in [0.05, 0.1) is 12.3 Å². The van der Waals surface area contributed by atoms with Crippen LogP contribution in [-0.2, 0) is 16.1 Å². The van der Waals surface area contributed by atoms with Crippen LogP contribution in [0.2, 0.25) is 0 Å². The van der Waals surface area contributed by atoms with E-state index in [1.807, 2.05) is 33.8 Å². The third kappa shape index (κ3) is 4.05. The average molecular weight is 231 g/mol. The Kier molecular flexibility index (Phi) is 4.49. The average Bonchev–Trinajstić information content (AvgIpc) is 2.17. The lowest BCUT2D eigenvalue weighted by molar-refractivity contribution is 0.0991. The molecule has 0 bridgehead atoms. The van der Waals surface area contributed by atoms with Gasteiger partial charge in [0.25, 0.3) is 0 Å². The summed E-state index contributed by atoms with van der Waals surface area (Å²) in [6.07, 6.45) is 5.93. The molecule has 0 aromatic carbocycles. The molecule has 15 heavy (non-hydrogen) atoms. The lowest BCUT2D eigenvalue weighted by Crippen LogP contribution is -2.48. The molecule has 1 N–H and O–H groups in total. The Balaban J connectivity index is 2.41. The molecule has 0 aliphatic carbocycles. The molecule has 0 aromatic heterocycles. The van der Waals surface area contributed by atoms with Crippen molar-refractivity contribution in [1.29, 1.82) is 0 Å². The fraction of sp³-hybridized carbons (Fsp3) is 0.818. The van der Waals surface area contributed by atoms with E-state index in [4.69, 9.17) is 4.74 Å². The Labute approximate surface area is 95.6 Å².